The molecule has 0 atom stereocenters. The molecule has 0 unspecified atom stereocenters. The molecular formula is C13H13N3O4. The number of imidazole rings is 1. The molecule has 104 valence electrons. The summed E-state index contributed by atoms with van der Waals surface area (Å²) in [6, 6.07) is 4.60. The van der Waals surface area contributed by atoms with Gasteiger partial charge in [0.15, 0.2) is 0 Å². The van der Waals surface area contributed by atoms with Crippen molar-refractivity contribution in [2.24, 2.45) is 7.05 Å². The van der Waals surface area contributed by atoms with Gasteiger partial charge in [0.05, 0.1) is 5.52 Å². The third-order valence-corrected chi connectivity index (χ3v) is 3.48. The first-order chi connectivity index (χ1) is 9.52. The third kappa shape index (κ3) is 1.56. The molecule has 20 heavy (non-hydrogen) atoms. The van der Waals surface area contributed by atoms with Crippen molar-refractivity contribution in [3.63, 3.8) is 0 Å². The van der Waals surface area contributed by atoms with Crippen LogP contribution in [0, 0.1) is 0 Å². The first-order valence-electron chi connectivity index (χ1n) is 6.28. The Morgan fingerprint density at radius 1 is 1.10 bits per heavy atom. The highest BCUT2D eigenvalue weighted by Gasteiger charge is 2.31. The van der Waals surface area contributed by atoms with Crippen LogP contribution in [0.1, 0.15) is 19.3 Å². The average molecular weight is 275 g/mol. The van der Waals surface area contributed by atoms with E-state index in [4.69, 9.17) is 0 Å². The summed E-state index contributed by atoms with van der Waals surface area (Å²) < 4.78 is 2.26. The Balaban J connectivity index is 2.34. The first kappa shape index (κ1) is 12.5. The number of amides is 2. The number of hydrogen-bond acceptors (Lipinski definition) is 4. The SMILES string of the molecule is Cn1c(=O)n(N2C(=O)CCCC2=O)c2cccc(O)c21. The van der Waals surface area contributed by atoms with Gasteiger partial charge in [-0.25, -0.2) is 4.79 Å². The number of carbonyl (C=O) groups excluding carboxylic acids is 2. The number of piperidine rings is 1. The lowest BCUT2D eigenvalue weighted by molar-refractivity contribution is -0.131. The molecule has 1 aliphatic rings. The van der Waals surface area contributed by atoms with E-state index in [9.17, 15) is 19.5 Å². The van der Waals surface area contributed by atoms with E-state index in [1.54, 1.807) is 12.1 Å². The fourth-order valence-corrected chi connectivity index (χ4v) is 2.53. The number of benzene rings is 1. The molecule has 2 heterocycles. The molecule has 1 fully saturated rings. The monoisotopic (exact) mass is 275 g/mol. The Hall–Kier alpha value is -2.57. The minimum absolute atomic E-state index is 0.0715. The largest absolute Gasteiger partial charge is 0.506 e. The van der Waals surface area contributed by atoms with Crippen molar-refractivity contribution in [3.05, 3.63) is 28.7 Å². The summed E-state index contributed by atoms with van der Waals surface area (Å²) in [5.41, 5.74) is 0.0925. The van der Waals surface area contributed by atoms with Crippen LogP contribution in [0.15, 0.2) is 23.0 Å². The molecule has 2 amide bonds. The van der Waals surface area contributed by atoms with Gasteiger partial charge in [-0.3, -0.25) is 14.2 Å². The topological polar surface area (TPSA) is 84.5 Å². The van der Waals surface area contributed by atoms with Crippen LogP contribution in [0.5, 0.6) is 5.75 Å². The molecule has 1 saturated heterocycles. The zero-order valence-corrected chi connectivity index (χ0v) is 10.9. The van der Waals surface area contributed by atoms with Gasteiger partial charge < -0.3 is 5.11 Å². The maximum Gasteiger partial charge on any atom is 0.348 e. The second-order valence-corrected chi connectivity index (χ2v) is 4.75. The Bertz CT molecular complexity index is 771. The highest BCUT2D eigenvalue weighted by atomic mass is 16.3. The number of rotatable bonds is 1. The molecule has 0 saturated carbocycles. The van der Waals surface area contributed by atoms with Gasteiger partial charge in [0.25, 0.3) is 0 Å². The molecular weight excluding hydrogens is 262 g/mol. The number of imide groups is 1. The van der Waals surface area contributed by atoms with Gasteiger partial charge >= 0.3 is 5.69 Å². The van der Waals surface area contributed by atoms with Crippen molar-refractivity contribution >= 4 is 22.8 Å². The molecule has 0 aliphatic carbocycles. The number of nitrogens with zero attached hydrogens (tertiary/aromatic N) is 3. The number of fused-ring (bicyclic) bond motifs is 1. The molecule has 0 radical (unpaired) electrons. The van der Waals surface area contributed by atoms with Crippen molar-refractivity contribution in [2.75, 3.05) is 5.01 Å². The second-order valence-electron chi connectivity index (χ2n) is 4.75. The molecule has 3 rings (SSSR count). The highest BCUT2D eigenvalue weighted by Crippen LogP contribution is 2.24. The van der Waals surface area contributed by atoms with Crippen LogP contribution >= 0.6 is 0 Å². The van der Waals surface area contributed by atoms with Crippen LogP contribution in [0.25, 0.3) is 11.0 Å². The molecule has 0 bridgehead atoms. The molecule has 1 aromatic heterocycles. The van der Waals surface area contributed by atoms with Gasteiger partial charge in [-0.1, -0.05) is 6.07 Å². The summed E-state index contributed by atoms with van der Waals surface area (Å²) in [6.45, 7) is 0. The standard InChI is InChI=1S/C13H13N3O4/c1-14-12-8(4-2-5-9(12)17)15(13(14)20)16-10(18)6-3-7-11(16)19/h2,4-5,17H,3,6-7H2,1H3. The molecule has 1 aliphatic heterocycles. The number of aryl methyl sites for hydroxylation is 1. The predicted octanol–water partition coefficient (Wildman–Crippen LogP) is 0.221. The summed E-state index contributed by atoms with van der Waals surface area (Å²) in [5.74, 6) is -0.879. The number of phenolic OH excluding ortho intramolecular Hbond substituents is 1. The molecule has 0 spiro atoms. The number of para-hydroxylation sites is 1. The number of phenols is 1. The van der Waals surface area contributed by atoms with E-state index in [2.05, 4.69) is 0 Å². The Kier molecular flexibility index (Phi) is 2.63. The fourth-order valence-electron chi connectivity index (χ4n) is 2.53. The number of aromatic nitrogens is 2. The van der Waals surface area contributed by atoms with Crippen molar-refractivity contribution in [2.45, 2.75) is 19.3 Å². The third-order valence-electron chi connectivity index (χ3n) is 3.48. The lowest BCUT2D eigenvalue weighted by atomic mass is 10.1. The second kappa shape index (κ2) is 4.22. The molecule has 7 heteroatoms. The first-order valence-corrected chi connectivity index (χ1v) is 6.28. The highest BCUT2D eigenvalue weighted by molar-refractivity contribution is 6.11. The van der Waals surface area contributed by atoms with E-state index in [1.165, 1.54) is 17.7 Å². The number of aromatic hydroxyl groups is 1. The van der Waals surface area contributed by atoms with E-state index in [1.807, 2.05) is 0 Å². The van der Waals surface area contributed by atoms with E-state index < -0.39 is 17.5 Å². The van der Waals surface area contributed by atoms with Crippen molar-refractivity contribution in [3.8, 4) is 5.75 Å². The Labute approximate surface area is 113 Å². The van der Waals surface area contributed by atoms with Gasteiger partial charge in [0, 0.05) is 19.9 Å². The average Bonchev–Trinajstić information content (AvgIpc) is 2.65. The summed E-state index contributed by atoms with van der Waals surface area (Å²) in [4.78, 5) is 36.2. The minimum atomic E-state index is -0.537. The van der Waals surface area contributed by atoms with Crippen LogP contribution < -0.4 is 10.7 Å². The Morgan fingerprint density at radius 2 is 1.75 bits per heavy atom. The predicted molar refractivity (Wildman–Crippen MR) is 70.9 cm³/mol. The van der Waals surface area contributed by atoms with Gasteiger partial charge in [0.1, 0.15) is 11.3 Å². The molecule has 7 nitrogen and oxygen atoms in total. The summed E-state index contributed by atoms with van der Waals surface area (Å²) in [6.07, 6.45) is 0.958. The van der Waals surface area contributed by atoms with Gasteiger partial charge in [0.2, 0.25) is 11.8 Å². The van der Waals surface area contributed by atoms with Gasteiger partial charge in [-0.2, -0.15) is 9.69 Å². The van der Waals surface area contributed by atoms with Crippen LogP contribution in [0.3, 0.4) is 0 Å². The lowest BCUT2D eigenvalue weighted by Crippen LogP contribution is -2.52. The summed E-state index contributed by atoms with van der Waals surface area (Å²) in [5, 5.41) is 10.7. The molecule has 1 N–H and O–H groups in total. The minimum Gasteiger partial charge on any atom is -0.506 e. The van der Waals surface area contributed by atoms with E-state index in [0.717, 1.165) is 9.69 Å². The van der Waals surface area contributed by atoms with Crippen molar-refractivity contribution < 1.29 is 14.7 Å². The van der Waals surface area contributed by atoms with Crippen LogP contribution in [-0.2, 0) is 16.6 Å². The van der Waals surface area contributed by atoms with E-state index >= 15 is 0 Å². The van der Waals surface area contributed by atoms with Crippen LogP contribution in [-0.4, -0.2) is 26.2 Å². The normalized spacial score (nSPS) is 16.1. The molecule has 1 aromatic carbocycles. The number of hydrogen-bond donors (Lipinski definition) is 1. The smallest absolute Gasteiger partial charge is 0.348 e. The van der Waals surface area contributed by atoms with Gasteiger partial charge in [-0.05, 0) is 18.6 Å². The molecule has 2 aromatic rings. The maximum absolute atomic E-state index is 12.3. The quantitative estimate of drug-likeness (QED) is 0.754. The fraction of sp³-hybridized carbons (Fsp3) is 0.308. The lowest BCUT2D eigenvalue weighted by Gasteiger charge is -2.24. The van der Waals surface area contributed by atoms with E-state index in [-0.39, 0.29) is 18.6 Å². The van der Waals surface area contributed by atoms with Crippen LogP contribution in [0.2, 0.25) is 0 Å². The van der Waals surface area contributed by atoms with Crippen LogP contribution in [0.4, 0.5) is 0 Å². The number of carbonyl (C=O) groups is 2. The zero-order valence-electron chi connectivity index (χ0n) is 10.9. The summed E-state index contributed by atoms with van der Waals surface area (Å²) >= 11 is 0. The van der Waals surface area contributed by atoms with Crippen molar-refractivity contribution in [1.29, 1.82) is 0 Å². The summed E-state index contributed by atoms with van der Waals surface area (Å²) in [7, 11) is 1.49. The Morgan fingerprint density at radius 3 is 2.40 bits per heavy atom. The van der Waals surface area contributed by atoms with Gasteiger partial charge in [-0.15, -0.1) is 0 Å². The zero-order chi connectivity index (χ0) is 14.4. The van der Waals surface area contributed by atoms with E-state index in [0.29, 0.717) is 17.5 Å². The van der Waals surface area contributed by atoms with Crippen molar-refractivity contribution in [1.82, 2.24) is 9.24 Å². The maximum atomic E-state index is 12.3.